The molecule has 15 aromatic rings. The van der Waals surface area contributed by atoms with Crippen LogP contribution in [0.1, 0.15) is 0 Å². The van der Waals surface area contributed by atoms with Crippen LogP contribution in [0, 0.1) is 0 Å². The molecule has 0 aliphatic rings. The van der Waals surface area contributed by atoms with E-state index in [0.717, 1.165) is 0 Å². The van der Waals surface area contributed by atoms with Crippen LogP contribution < -0.4 is 0 Å². The number of hydrogen-bond acceptors (Lipinski definition) is 0. The van der Waals surface area contributed by atoms with E-state index in [4.69, 9.17) is 0 Å². The molecule has 15 aromatic carbocycles. The predicted octanol–water partition coefficient (Wildman–Crippen LogP) is 18.2. The number of benzene rings is 13. The first-order chi connectivity index (χ1) is 31.8. The molecule has 292 valence electrons. The molecular formula is C64H36. The van der Waals surface area contributed by atoms with Crippen molar-refractivity contribution in [1.82, 2.24) is 0 Å². The summed E-state index contributed by atoms with van der Waals surface area (Å²) >= 11 is 0. The Hall–Kier alpha value is -8.32. The minimum Gasteiger partial charge on any atom is -0.0622 e. The Labute approximate surface area is 368 Å². The van der Waals surface area contributed by atoms with Crippen molar-refractivity contribution in [2.45, 2.75) is 0 Å². The van der Waals surface area contributed by atoms with Crippen LogP contribution in [-0.2, 0) is 0 Å². The summed E-state index contributed by atoms with van der Waals surface area (Å²) in [7, 11) is 0. The molecule has 64 heavy (non-hydrogen) atoms. The second-order valence-corrected chi connectivity index (χ2v) is 17.7. The third-order valence-electron chi connectivity index (χ3n) is 14.7. The van der Waals surface area contributed by atoms with Gasteiger partial charge in [0.25, 0.3) is 0 Å². The van der Waals surface area contributed by atoms with E-state index in [1.54, 1.807) is 0 Å². The summed E-state index contributed by atoms with van der Waals surface area (Å²) < 4.78 is 0. The first-order valence-electron chi connectivity index (χ1n) is 22.4. The molecule has 0 unspecified atom stereocenters. The SMILES string of the molecule is c1ccc(-c2ccccc2-c2c3cccc4c3c(c3cccc5c(-c6ccccc6)c6c7cccc8cccc(c87)c6c4c53)c3c4cccc5c(-c6ccccc6)ccc(c23)c54)cc1. The topological polar surface area (TPSA) is 0 Å². The molecule has 0 heteroatoms. The summed E-state index contributed by atoms with van der Waals surface area (Å²) in [4.78, 5) is 0. The highest BCUT2D eigenvalue weighted by Crippen LogP contribution is 2.58. The van der Waals surface area contributed by atoms with E-state index >= 15 is 0 Å². The zero-order valence-corrected chi connectivity index (χ0v) is 34.8. The van der Waals surface area contributed by atoms with Gasteiger partial charge in [-0.05, 0) is 152 Å². The molecule has 0 spiro atoms. The Morgan fingerprint density at radius 3 is 1.16 bits per heavy atom. The molecule has 0 nitrogen and oxygen atoms in total. The van der Waals surface area contributed by atoms with Crippen molar-refractivity contribution < 1.29 is 0 Å². The highest BCUT2D eigenvalue weighted by atomic mass is 14.3. The second kappa shape index (κ2) is 12.6. The Kier molecular flexibility index (Phi) is 6.77. The van der Waals surface area contributed by atoms with Gasteiger partial charge in [-0.2, -0.15) is 0 Å². The van der Waals surface area contributed by atoms with Gasteiger partial charge in [0.1, 0.15) is 0 Å². The molecule has 0 heterocycles. The summed E-state index contributed by atoms with van der Waals surface area (Å²) in [6, 6.07) is 82.1. The molecule has 0 N–H and O–H groups in total. The lowest BCUT2D eigenvalue weighted by Gasteiger charge is -2.22. The number of rotatable bonds is 4. The van der Waals surface area contributed by atoms with E-state index < -0.39 is 0 Å². The highest BCUT2D eigenvalue weighted by Gasteiger charge is 2.29. The molecule has 0 radical (unpaired) electrons. The fraction of sp³-hybridized carbons (Fsp3) is 0. The molecule has 0 aliphatic carbocycles. The standard InChI is InChI=1S/C64H36/c1-4-17-37(18-5-1)41-25-10-11-26-44(41)56-49-32-16-34-51-58(49)61(64-48-31-14-27-43-42(38-19-6-2-7-20-38)35-36-52(55(43)48)62(56)64)50-33-15-30-47-54(40-21-8-3-9-22-40)59-45-28-12-23-39-24-13-29-46(53(39)45)63(59)60(51)57(47)50/h1-36H. The lowest BCUT2D eigenvalue weighted by Crippen LogP contribution is -1.94. The van der Waals surface area contributed by atoms with E-state index in [1.807, 2.05) is 0 Å². The Balaban J connectivity index is 1.26. The smallest absolute Gasteiger partial charge is 0.000696 e. The zero-order valence-electron chi connectivity index (χ0n) is 34.8. The summed E-state index contributed by atoms with van der Waals surface area (Å²) in [5, 5.41) is 26.5. The third kappa shape index (κ3) is 4.32. The van der Waals surface area contributed by atoms with E-state index in [0.29, 0.717) is 0 Å². The van der Waals surface area contributed by atoms with Crippen molar-refractivity contribution in [3.8, 4) is 44.5 Å². The molecule has 0 aromatic heterocycles. The molecule has 0 atom stereocenters. The molecule has 0 saturated heterocycles. The molecule has 0 aliphatic heterocycles. The molecule has 0 saturated carbocycles. The van der Waals surface area contributed by atoms with Crippen molar-refractivity contribution in [3.05, 3.63) is 218 Å². The third-order valence-corrected chi connectivity index (χ3v) is 14.7. The van der Waals surface area contributed by atoms with Crippen LogP contribution >= 0.6 is 0 Å². The zero-order chi connectivity index (χ0) is 41.6. The van der Waals surface area contributed by atoms with Gasteiger partial charge in [-0.3, -0.25) is 0 Å². The van der Waals surface area contributed by atoms with Gasteiger partial charge < -0.3 is 0 Å². The largest absolute Gasteiger partial charge is 0.0622 e. The Bertz CT molecular complexity index is 4370. The maximum absolute atomic E-state index is 2.43. The molecule has 15 rings (SSSR count). The van der Waals surface area contributed by atoms with Gasteiger partial charge in [0.2, 0.25) is 0 Å². The molecule has 0 bridgehead atoms. The molecule has 0 amide bonds. The van der Waals surface area contributed by atoms with Crippen LogP contribution in [0.15, 0.2) is 218 Å². The number of hydrogen-bond donors (Lipinski definition) is 0. The van der Waals surface area contributed by atoms with E-state index in [1.165, 1.54) is 152 Å². The van der Waals surface area contributed by atoms with Crippen LogP contribution in [-0.4, -0.2) is 0 Å². The van der Waals surface area contributed by atoms with Crippen LogP contribution in [0.4, 0.5) is 0 Å². The quantitative estimate of drug-likeness (QED) is 0.123. The van der Waals surface area contributed by atoms with Crippen molar-refractivity contribution >= 4 is 108 Å². The summed E-state index contributed by atoms with van der Waals surface area (Å²) in [5.41, 5.74) is 10.1. The second-order valence-electron chi connectivity index (χ2n) is 17.7. The first-order valence-corrected chi connectivity index (χ1v) is 22.4. The lowest BCUT2D eigenvalue weighted by molar-refractivity contribution is 1.61. The van der Waals surface area contributed by atoms with Gasteiger partial charge in [0.05, 0.1) is 0 Å². The average Bonchev–Trinajstić information content (AvgIpc) is 3.88. The molecular weight excluding hydrogens is 769 g/mol. The molecule has 0 fully saturated rings. The van der Waals surface area contributed by atoms with Gasteiger partial charge in [-0.25, -0.2) is 0 Å². The minimum atomic E-state index is 1.22. The maximum Gasteiger partial charge on any atom is -0.000696 e. The van der Waals surface area contributed by atoms with Crippen LogP contribution in [0.5, 0.6) is 0 Å². The van der Waals surface area contributed by atoms with Crippen LogP contribution in [0.25, 0.3) is 152 Å². The van der Waals surface area contributed by atoms with Crippen LogP contribution in [0.3, 0.4) is 0 Å². The highest BCUT2D eigenvalue weighted by molar-refractivity contribution is 6.53. The van der Waals surface area contributed by atoms with Gasteiger partial charge in [-0.15, -0.1) is 0 Å². The lowest BCUT2D eigenvalue weighted by atomic mass is 9.80. The number of fused-ring (bicyclic) bond motifs is 10. The minimum absolute atomic E-state index is 1.22. The van der Waals surface area contributed by atoms with Gasteiger partial charge in [0.15, 0.2) is 0 Å². The predicted molar refractivity (Wildman–Crippen MR) is 277 cm³/mol. The Morgan fingerprint density at radius 1 is 0.156 bits per heavy atom. The van der Waals surface area contributed by atoms with Crippen molar-refractivity contribution in [2.75, 3.05) is 0 Å². The van der Waals surface area contributed by atoms with Crippen molar-refractivity contribution in [3.63, 3.8) is 0 Å². The maximum atomic E-state index is 2.43. The van der Waals surface area contributed by atoms with Crippen molar-refractivity contribution in [2.24, 2.45) is 0 Å². The van der Waals surface area contributed by atoms with Gasteiger partial charge in [0, 0.05) is 0 Å². The van der Waals surface area contributed by atoms with Gasteiger partial charge >= 0.3 is 0 Å². The van der Waals surface area contributed by atoms with Crippen LogP contribution in [0.2, 0.25) is 0 Å². The van der Waals surface area contributed by atoms with E-state index in [2.05, 4.69) is 218 Å². The summed E-state index contributed by atoms with van der Waals surface area (Å²) in [6.07, 6.45) is 0. The fourth-order valence-corrected chi connectivity index (χ4v) is 12.3. The normalized spacial score (nSPS) is 12.4. The first kappa shape index (κ1) is 34.3. The monoisotopic (exact) mass is 804 g/mol. The van der Waals surface area contributed by atoms with Crippen molar-refractivity contribution in [1.29, 1.82) is 0 Å². The summed E-state index contributed by atoms with van der Waals surface area (Å²) in [5.74, 6) is 0. The fourth-order valence-electron chi connectivity index (χ4n) is 12.3. The Morgan fingerprint density at radius 2 is 0.547 bits per heavy atom. The van der Waals surface area contributed by atoms with Gasteiger partial charge in [-0.1, -0.05) is 218 Å². The average molecular weight is 805 g/mol. The van der Waals surface area contributed by atoms with E-state index in [9.17, 15) is 0 Å². The summed E-state index contributed by atoms with van der Waals surface area (Å²) in [6.45, 7) is 0. The van der Waals surface area contributed by atoms with E-state index in [-0.39, 0.29) is 0 Å².